The van der Waals surface area contributed by atoms with Crippen LogP contribution in [-0.4, -0.2) is 50.8 Å². The molecule has 0 saturated carbocycles. The standard InChI is InChI=1S/C23H23FN6O3S/c1-15-4-6-16(7-5-15)13-30-22-20(27-28-30)23(31)26-21(25-22)17-3-2-12-29(14-17)34(32,33)19-10-8-18(24)9-11-19/h4-11,17H,2-3,12-14H2,1H3,(H,25,26,31)/t17-/m1/s1. The maximum Gasteiger partial charge on any atom is 0.281 e. The highest BCUT2D eigenvalue weighted by atomic mass is 32.2. The van der Waals surface area contributed by atoms with Crippen molar-refractivity contribution in [3.8, 4) is 0 Å². The molecule has 0 spiro atoms. The second kappa shape index (κ2) is 8.73. The third-order valence-corrected chi connectivity index (χ3v) is 7.95. The number of fused-ring (bicyclic) bond motifs is 1. The summed E-state index contributed by atoms with van der Waals surface area (Å²) in [7, 11) is -3.80. The second-order valence-corrected chi connectivity index (χ2v) is 10.5. The first-order valence-corrected chi connectivity index (χ1v) is 12.4. The summed E-state index contributed by atoms with van der Waals surface area (Å²) in [6, 6.07) is 12.7. The lowest BCUT2D eigenvalue weighted by Crippen LogP contribution is -2.39. The van der Waals surface area contributed by atoms with Crippen LogP contribution in [0.15, 0.2) is 58.2 Å². The molecular formula is C23H23FN6O3S. The topological polar surface area (TPSA) is 114 Å². The van der Waals surface area contributed by atoms with Crippen molar-refractivity contribution in [1.82, 2.24) is 29.3 Å². The minimum atomic E-state index is -3.80. The van der Waals surface area contributed by atoms with Crippen molar-refractivity contribution < 1.29 is 12.8 Å². The normalized spacial score (nSPS) is 17.3. The van der Waals surface area contributed by atoms with Crippen molar-refractivity contribution in [2.75, 3.05) is 13.1 Å². The van der Waals surface area contributed by atoms with E-state index < -0.39 is 21.4 Å². The van der Waals surface area contributed by atoms with E-state index in [1.165, 1.54) is 16.4 Å². The maximum absolute atomic E-state index is 13.3. The maximum atomic E-state index is 13.3. The molecule has 176 valence electrons. The van der Waals surface area contributed by atoms with Crippen molar-refractivity contribution >= 4 is 21.2 Å². The number of piperidine rings is 1. The van der Waals surface area contributed by atoms with Gasteiger partial charge in [-0.3, -0.25) is 4.79 Å². The van der Waals surface area contributed by atoms with Crippen molar-refractivity contribution in [1.29, 1.82) is 0 Å². The highest BCUT2D eigenvalue weighted by Gasteiger charge is 2.32. The predicted molar refractivity (Wildman–Crippen MR) is 123 cm³/mol. The number of aromatic amines is 1. The smallest absolute Gasteiger partial charge is 0.281 e. The predicted octanol–water partition coefficient (Wildman–Crippen LogP) is 2.58. The number of hydrogen-bond donors (Lipinski definition) is 1. The molecule has 34 heavy (non-hydrogen) atoms. The highest BCUT2D eigenvalue weighted by molar-refractivity contribution is 7.89. The molecule has 4 aromatic rings. The van der Waals surface area contributed by atoms with Gasteiger partial charge in [-0.15, -0.1) is 5.10 Å². The van der Waals surface area contributed by atoms with E-state index in [0.29, 0.717) is 37.4 Å². The number of sulfonamides is 1. The molecule has 0 unspecified atom stereocenters. The van der Waals surface area contributed by atoms with Crippen molar-refractivity contribution in [2.45, 2.75) is 37.1 Å². The first-order chi connectivity index (χ1) is 16.3. The van der Waals surface area contributed by atoms with E-state index in [0.717, 1.165) is 23.3 Å². The lowest BCUT2D eigenvalue weighted by Gasteiger charge is -2.31. The monoisotopic (exact) mass is 482 g/mol. The summed E-state index contributed by atoms with van der Waals surface area (Å²) in [6.07, 6.45) is 1.27. The molecule has 1 atom stereocenters. The fourth-order valence-electron chi connectivity index (χ4n) is 4.19. The lowest BCUT2D eigenvalue weighted by molar-refractivity contribution is 0.309. The van der Waals surface area contributed by atoms with Crippen LogP contribution in [0.1, 0.15) is 35.7 Å². The number of benzene rings is 2. The first-order valence-electron chi connectivity index (χ1n) is 11.0. The third-order valence-electron chi connectivity index (χ3n) is 6.07. The van der Waals surface area contributed by atoms with Gasteiger partial charge in [0.2, 0.25) is 10.0 Å². The summed E-state index contributed by atoms with van der Waals surface area (Å²) >= 11 is 0. The van der Waals surface area contributed by atoms with Gasteiger partial charge in [0.05, 0.1) is 11.4 Å². The van der Waals surface area contributed by atoms with E-state index in [9.17, 15) is 17.6 Å². The number of aromatic nitrogens is 5. The molecule has 0 radical (unpaired) electrons. The van der Waals surface area contributed by atoms with Gasteiger partial charge in [0.25, 0.3) is 5.56 Å². The molecule has 11 heteroatoms. The van der Waals surface area contributed by atoms with E-state index in [1.54, 1.807) is 4.68 Å². The van der Waals surface area contributed by atoms with Gasteiger partial charge in [-0.1, -0.05) is 35.0 Å². The summed E-state index contributed by atoms with van der Waals surface area (Å²) in [5.41, 5.74) is 2.23. The van der Waals surface area contributed by atoms with Crippen LogP contribution in [0.25, 0.3) is 11.2 Å². The molecule has 1 fully saturated rings. The summed E-state index contributed by atoms with van der Waals surface area (Å²) < 4.78 is 42.4. The minimum absolute atomic E-state index is 0.0341. The number of nitrogens with one attached hydrogen (secondary N) is 1. The molecule has 2 aromatic heterocycles. The molecular weight excluding hydrogens is 459 g/mol. The van der Waals surface area contributed by atoms with E-state index in [-0.39, 0.29) is 22.9 Å². The van der Waals surface area contributed by atoms with Crippen LogP contribution in [0.4, 0.5) is 4.39 Å². The largest absolute Gasteiger partial charge is 0.308 e. The summed E-state index contributed by atoms with van der Waals surface area (Å²) in [5, 5.41) is 8.10. The number of hydrogen-bond acceptors (Lipinski definition) is 6. The molecule has 1 aliphatic heterocycles. The molecule has 0 amide bonds. The second-order valence-electron chi connectivity index (χ2n) is 8.51. The van der Waals surface area contributed by atoms with Crippen molar-refractivity contribution in [2.24, 2.45) is 0 Å². The van der Waals surface area contributed by atoms with Gasteiger partial charge in [0.15, 0.2) is 11.2 Å². The molecule has 5 rings (SSSR count). The Morgan fingerprint density at radius 2 is 1.85 bits per heavy atom. The van der Waals surface area contributed by atoms with Crippen molar-refractivity contribution in [3.05, 3.63) is 81.7 Å². The first kappa shape index (κ1) is 22.4. The lowest BCUT2D eigenvalue weighted by atomic mass is 9.99. The van der Waals surface area contributed by atoms with Crippen LogP contribution >= 0.6 is 0 Å². The van der Waals surface area contributed by atoms with Crippen LogP contribution in [0.3, 0.4) is 0 Å². The minimum Gasteiger partial charge on any atom is -0.308 e. The Hall–Kier alpha value is -3.44. The van der Waals surface area contributed by atoms with Gasteiger partial charge < -0.3 is 4.98 Å². The SMILES string of the molecule is Cc1ccc(Cn2nnc3c(=O)[nH]c([C@@H]4CCCN(S(=O)(=O)c5ccc(F)cc5)C4)nc32)cc1. The van der Waals surface area contributed by atoms with Gasteiger partial charge in [-0.05, 0) is 49.6 Å². The zero-order valence-corrected chi connectivity index (χ0v) is 19.3. The van der Waals surface area contributed by atoms with Gasteiger partial charge in [0.1, 0.15) is 11.6 Å². The zero-order chi connectivity index (χ0) is 23.9. The molecule has 9 nitrogen and oxygen atoms in total. The van der Waals surface area contributed by atoms with E-state index in [1.807, 2.05) is 31.2 Å². The molecule has 1 saturated heterocycles. The summed E-state index contributed by atoms with van der Waals surface area (Å²) in [4.78, 5) is 20.2. The molecule has 2 aromatic carbocycles. The average molecular weight is 483 g/mol. The van der Waals surface area contributed by atoms with E-state index >= 15 is 0 Å². The third kappa shape index (κ3) is 4.24. The average Bonchev–Trinajstić information content (AvgIpc) is 3.24. The highest BCUT2D eigenvalue weighted by Crippen LogP contribution is 2.29. The van der Waals surface area contributed by atoms with Gasteiger partial charge in [-0.25, -0.2) is 22.5 Å². The summed E-state index contributed by atoms with van der Waals surface area (Å²) in [6.45, 7) is 2.91. The number of nitrogens with zero attached hydrogens (tertiary/aromatic N) is 5. The Kier molecular flexibility index (Phi) is 5.74. The van der Waals surface area contributed by atoms with Crippen LogP contribution in [0.5, 0.6) is 0 Å². The molecule has 3 heterocycles. The zero-order valence-electron chi connectivity index (χ0n) is 18.5. The number of rotatable bonds is 5. The number of H-pyrrole nitrogens is 1. The molecule has 0 aliphatic carbocycles. The van der Waals surface area contributed by atoms with Crippen LogP contribution in [-0.2, 0) is 16.6 Å². The quantitative estimate of drug-likeness (QED) is 0.468. The number of aryl methyl sites for hydroxylation is 1. The molecule has 1 aliphatic rings. The molecule has 0 bridgehead atoms. The fourth-order valence-corrected chi connectivity index (χ4v) is 5.71. The van der Waals surface area contributed by atoms with Gasteiger partial charge in [-0.2, -0.15) is 4.31 Å². The van der Waals surface area contributed by atoms with E-state index in [2.05, 4.69) is 20.3 Å². The fraction of sp³-hybridized carbons (Fsp3) is 0.304. The van der Waals surface area contributed by atoms with Crippen LogP contribution in [0, 0.1) is 12.7 Å². The van der Waals surface area contributed by atoms with Crippen LogP contribution in [0.2, 0.25) is 0 Å². The Bertz CT molecular complexity index is 1500. The van der Waals surface area contributed by atoms with Gasteiger partial charge >= 0.3 is 0 Å². The van der Waals surface area contributed by atoms with E-state index in [4.69, 9.17) is 0 Å². The number of halogens is 1. The Morgan fingerprint density at radius 3 is 2.59 bits per heavy atom. The van der Waals surface area contributed by atoms with Gasteiger partial charge in [0, 0.05) is 19.0 Å². The van der Waals surface area contributed by atoms with Crippen molar-refractivity contribution in [3.63, 3.8) is 0 Å². The van der Waals surface area contributed by atoms with Crippen LogP contribution < -0.4 is 5.56 Å². The Balaban J connectivity index is 1.44. The Labute approximate surface area is 195 Å². The molecule has 1 N–H and O–H groups in total. The Morgan fingerprint density at radius 1 is 1.12 bits per heavy atom. The summed E-state index contributed by atoms with van der Waals surface area (Å²) in [5.74, 6) is -0.394.